The average molecular weight is 1510 g/mol. The molecule has 22 nitrogen and oxygen atoms in total. The largest absolute Gasteiger partial charge is 0.508 e. The van der Waals surface area contributed by atoms with Gasteiger partial charge >= 0.3 is 5.97 Å². The van der Waals surface area contributed by atoms with Gasteiger partial charge in [-0.25, -0.2) is 40.0 Å². The van der Waals surface area contributed by atoms with Gasteiger partial charge in [0, 0.05) is 93.6 Å². The van der Waals surface area contributed by atoms with Crippen molar-refractivity contribution < 1.29 is 65.8 Å². The molecule has 1 aromatic heterocycles. The number of aromatic hydroxyl groups is 4. The zero-order chi connectivity index (χ0) is 73.8. The number of nitrogens with zero attached hydrogens (tertiary/aromatic N) is 6. The van der Waals surface area contributed by atoms with Crippen molar-refractivity contribution in [2.45, 2.75) is 196 Å². The lowest BCUT2D eigenvalue weighted by atomic mass is 9.84. The summed E-state index contributed by atoms with van der Waals surface area (Å²) < 4.78 is 84.7. The van der Waals surface area contributed by atoms with Crippen LogP contribution in [0.25, 0.3) is 11.3 Å². The molecule has 3 fully saturated rings. The second kappa shape index (κ2) is 33.3. The third-order valence-corrected chi connectivity index (χ3v) is 26.6. The first-order valence-electron chi connectivity index (χ1n) is 35.7. The summed E-state index contributed by atoms with van der Waals surface area (Å²) in [6.07, 6.45) is 14.4. The predicted molar refractivity (Wildman–Crippen MR) is 404 cm³/mol. The van der Waals surface area contributed by atoms with Crippen LogP contribution in [0.5, 0.6) is 23.0 Å². The van der Waals surface area contributed by atoms with Gasteiger partial charge in [0.2, 0.25) is 35.4 Å². The number of phenols is 4. The molecule has 26 heteroatoms. The molecule has 105 heavy (non-hydrogen) atoms. The van der Waals surface area contributed by atoms with E-state index in [0.717, 1.165) is 97.9 Å². The molecule has 560 valence electrons. The summed E-state index contributed by atoms with van der Waals surface area (Å²) in [6.45, 7) is 8.41. The number of phenolic OH excluding ortho intramolecular Hbond substituents is 4. The Kier molecular flexibility index (Phi) is 24.7. The van der Waals surface area contributed by atoms with Gasteiger partial charge in [-0.2, -0.15) is 12.9 Å². The van der Waals surface area contributed by atoms with Gasteiger partial charge in [-0.3, -0.25) is 0 Å². The number of hydrogen-bond acceptors (Lipinski definition) is 18. The maximum Gasteiger partial charge on any atom is 0.335 e. The molecule has 2 unspecified atom stereocenters. The first kappa shape index (κ1) is 77.9. The van der Waals surface area contributed by atoms with E-state index in [1.807, 2.05) is 80.3 Å². The number of carboxylic acid groups (broad SMARTS) is 1. The number of piperidine rings is 1. The van der Waals surface area contributed by atoms with Crippen LogP contribution in [0.4, 0.5) is 11.4 Å². The Morgan fingerprint density at radius 2 is 1.10 bits per heavy atom. The van der Waals surface area contributed by atoms with Gasteiger partial charge in [0.05, 0.1) is 11.7 Å². The van der Waals surface area contributed by atoms with Crippen LogP contribution in [0, 0.1) is 19.8 Å². The Bertz CT molecular complexity index is 4800. The number of β-amino-alcohol motifs (C(OH)–C–C–N with tert-alkyl or cyclic N) is 1. The molecule has 1 saturated heterocycles. The fourth-order valence-corrected chi connectivity index (χ4v) is 19.9. The van der Waals surface area contributed by atoms with Crippen LogP contribution in [0.2, 0.25) is 5.28 Å². The summed E-state index contributed by atoms with van der Waals surface area (Å²) in [5, 5.41) is 76.1. The van der Waals surface area contributed by atoms with Crippen LogP contribution in [-0.2, 0) is 80.4 Å². The molecule has 0 spiro atoms. The number of fused-ring (bicyclic) bond motifs is 3. The van der Waals surface area contributed by atoms with Crippen molar-refractivity contribution in [2.24, 2.45) is 5.92 Å². The lowest BCUT2D eigenvalue weighted by Gasteiger charge is -2.34. The minimum Gasteiger partial charge on any atom is -0.508 e. The molecule has 0 radical (unpaired) electrons. The van der Waals surface area contributed by atoms with Crippen LogP contribution < -0.4 is 10.6 Å². The van der Waals surface area contributed by atoms with E-state index in [-0.39, 0.29) is 76.9 Å². The highest BCUT2D eigenvalue weighted by molar-refractivity contribution is 7.89. The second-order valence-electron chi connectivity index (χ2n) is 28.3. The number of aliphatic hydroxyl groups is 2. The van der Waals surface area contributed by atoms with Crippen molar-refractivity contribution in [2.75, 3.05) is 30.3 Å². The number of nitrogens with one attached hydrogen (secondary N) is 2. The van der Waals surface area contributed by atoms with Gasteiger partial charge in [0.1, 0.15) is 43.8 Å². The Morgan fingerprint density at radius 3 is 1.68 bits per heavy atom. The van der Waals surface area contributed by atoms with Crippen molar-refractivity contribution in [3.63, 3.8) is 0 Å². The minimum absolute atomic E-state index is 0. The van der Waals surface area contributed by atoms with Gasteiger partial charge in [0.15, 0.2) is 6.10 Å². The van der Waals surface area contributed by atoms with Gasteiger partial charge in [0.25, 0.3) is 0 Å². The molecule has 0 amide bonds. The number of anilines is 2. The molecular weight excluding hydrogens is 1420 g/mol. The molecule has 7 aromatic carbocycles. The smallest absolute Gasteiger partial charge is 0.335 e. The Hall–Kier alpha value is -8.21. The number of carboxylic acids is 1. The van der Waals surface area contributed by atoms with Crippen molar-refractivity contribution in [1.82, 2.24) is 27.8 Å². The fourth-order valence-electron chi connectivity index (χ4n) is 15.2. The molecule has 5 heterocycles. The van der Waals surface area contributed by atoms with E-state index in [9.17, 15) is 60.7 Å². The van der Waals surface area contributed by atoms with E-state index in [1.165, 1.54) is 119 Å². The topological polar surface area (TPSA) is 324 Å². The minimum atomic E-state index is -4.13. The summed E-state index contributed by atoms with van der Waals surface area (Å²) in [5.74, 6) is -1.88. The van der Waals surface area contributed by atoms with E-state index in [2.05, 4.69) is 44.9 Å². The number of aryl methyl sites for hydroxylation is 3. The second-order valence-corrected chi connectivity index (χ2v) is 34.3. The summed E-state index contributed by atoms with van der Waals surface area (Å²) in [5.41, 5.74) is 13.9. The molecular formula is C79H95ClN8O14S3. The first-order chi connectivity index (χ1) is 49.7. The maximum atomic E-state index is 14.0. The fraction of sp³-hybridized carbons (Fsp3) is 0.405. The first-order valence-corrected chi connectivity index (χ1v) is 40.4. The van der Waals surface area contributed by atoms with Gasteiger partial charge < -0.3 is 51.3 Å². The number of benzene rings is 7. The van der Waals surface area contributed by atoms with Crippen LogP contribution >= 0.6 is 11.6 Å². The van der Waals surface area contributed by atoms with E-state index in [1.54, 1.807) is 18.3 Å². The lowest BCUT2D eigenvalue weighted by molar-refractivity contribution is -0.153. The van der Waals surface area contributed by atoms with Crippen molar-refractivity contribution in [3.05, 3.63) is 206 Å². The molecule has 2 aliphatic carbocycles. The number of hydrogen-bond donors (Lipinski definition) is 9. The summed E-state index contributed by atoms with van der Waals surface area (Å²) in [6, 6.07) is 39.0. The van der Waals surface area contributed by atoms with E-state index in [0.29, 0.717) is 50.3 Å². The highest BCUT2D eigenvalue weighted by Gasteiger charge is 2.42. The van der Waals surface area contributed by atoms with Crippen molar-refractivity contribution >= 4 is 59.0 Å². The molecule has 6 aliphatic rings. The number of rotatable bonds is 19. The monoisotopic (exact) mass is 1510 g/mol. The molecule has 9 N–H and O–H groups in total. The number of carbonyl (C=O) groups is 1. The van der Waals surface area contributed by atoms with Gasteiger partial charge in [-0.05, 0) is 192 Å². The van der Waals surface area contributed by atoms with Crippen LogP contribution in [-0.4, -0.2) is 139 Å². The zero-order valence-electron chi connectivity index (χ0n) is 58.6. The molecule has 14 rings (SSSR count). The van der Waals surface area contributed by atoms with Crippen molar-refractivity contribution in [1.29, 1.82) is 0 Å². The molecule has 8 aromatic rings. The average Bonchev–Trinajstić information content (AvgIpc) is 1.61. The number of likely N-dealkylation sites (tertiary alicyclic amines) is 1. The number of aromatic nitrogens is 2. The number of sulfonamides is 3. The summed E-state index contributed by atoms with van der Waals surface area (Å²) >= 11 is 6.05. The third-order valence-electron chi connectivity index (χ3n) is 20.9. The van der Waals surface area contributed by atoms with Crippen LogP contribution in [0.3, 0.4) is 0 Å². The summed E-state index contributed by atoms with van der Waals surface area (Å²) in [4.78, 5) is 20.8. The molecule has 4 aliphatic heterocycles. The molecule has 2 saturated carbocycles. The summed E-state index contributed by atoms with van der Waals surface area (Å²) in [7, 11) is -11.7. The van der Waals surface area contributed by atoms with E-state index >= 15 is 0 Å². The quantitative estimate of drug-likeness (QED) is 0.0340. The number of aliphatic hydroxyl groups excluding tert-OH is 2. The van der Waals surface area contributed by atoms with Gasteiger partial charge in [-0.15, -0.1) is 0 Å². The molecule has 0 bridgehead atoms. The normalized spacial score (nSPS) is 18.3. The molecule has 3 atom stereocenters. The standard InChI is InChI=1S/C32H32ClN3O4S.C25H33N3O7S.C21H26N2O3S.CH4/c1-20-18-34-32(33)35-30(20)23-8-10-24(11-9-23)31-27-13-7-22(15-21-5-3-2-4-6-21)16-25(27)19-36(31)41(39,40)29-14-12-26(37)17-28(29)38;1-2-16-3-6-23(21(29)11-16)36(34,35)28-13-17-4-5-20(12-18(17)14-28)26-19-7-9-27(10-8-19)15-22(30)24(31)25(32)33;1-15-7-10-21(20(24)11-15)27(25,26)23-13-16-8-9-19(12-17(16)14-23)22-18-5-3-2-4-6-18;/h7-14,16-18,21,31,37-38H,2-6,15,19H2,1H3;3-6,11-12,19,22,24,26,29-31H,2,7-10,13-15H2,1H3,(H,32,33);7-12,18,22,24H,2-6,13-14H2,1H3;1H4/t31-;;;/m0.../s1. The highest BCUT2D eigenvalue weighted by Crippen LogP contribution is 2.46. The Balaban J connectivity index is 0.000000160. The Labute approximate surface area is 621 Å². The SMILES string of the molecule is C.CCc1ccc(S(=O)(=O)N2Cc3ccc(NC4CCN(CC(O)C(O)C(=O)O)CC4)cc3C2)c(O)c1.Cc1ccc(S(=O)(=O)N2Cc3ccc(NC4CCCCC4)cc3C2)c(O)c1.Cc1cnc(Cl)nc1-c1ccc([C@H]2c3ccc(CC4CCCCC4)cc3CN2S(=O)(=O)c2ccc(O)cc2O)cc1. The lowest BCUT2D eigenvalue weighted by Crippen LogP contribution is -2.47. The maximum absolute atomic E-state index is 14.0. The van der Waals surface area contributed by atoms with Crippen molar-refractivity contribution in [3.8, 4) is 34.3 Å². The zero-order valence-corrected chi connectivity index (χ0v) is 61.8. The third kappa shape index (κ3) is 17.9. The van der Waals surface area contributed by atoms with E-state index < -0.39 is 60.0 Å². The van der Waals surface area contributed by atoms with Crippen LogP contribution in [0.1, 0.15) is 159 Å². The number of aliphatic carboxylic acids is 1. The number of halogens is 1. The Morgan fingerprint density at radius 1 is 0.571 bits per heavy atom. The van der Waals surface area contributed by atoms with E-state index in [4.69, 9.17) is 16.7 Å². The predicted octanol–water partition coefficient (Wildman–Crippen LogP) is 13.1. The van der Waals surface area contributed by atoms with Crippen LogP contribution in [0.15, 0.2) is 154 Å². The highest BCUT2D eigenvalue weighted by atomic mass is 35.5. The van der Waals surface area contributed by atoms with Gasteiger partial charge in [-0.1, -0.05) is 132 Å².